The smallest absolute Gasteiger partial charge is 0.302 e. The topological polar surface area (TPSA) is 371 Å². The van der Waals surface area contributed by atoms with Crippen LogP contribution in [0.15, 0.2) is 12.1 Å². The molecule has 0 spiro atoms. The lowest BCUT2D eigenvalue weighted by atomic mass is 9.81. The lowest BCUT2D eigenvalue weighted by Gasteiger charge is -2.44. The van der Waals surface area contributed by atoms with E-state index in [1.54, 1.807) is 6.07 Å². The van der Waals surface area contributed by atoms with Crippen molar-refractivity contribution in [2.75, 3.05) is 165 Å². The van der Waals surface area contributed by atoms with Crippen LogP contribution in [-0.4, -0.2) is 285 Å². The van der Waals surface area contributed by atoms with Gasteiger partial charge >= 0.3 is 11.9 Å². The molecule has 4 N–H and O–H groups in total. The predicted molar refractivity (Wildman–Crippen MR) is 398 cm³/mol. The zero-order valence-electron chi connectivity index (χ0n) is 67.3. The predicted octanol–water partition coefficient (Wildman–Crippen LogP) is 6.35. The number of benzene rings is 1. The fraction of sp³-hybridized carbons (Fsp3) is 0.827. The first-order valence-electron chi connectivity index (χ1n) is 38.5. The molecule has 3 fully saturated rings. The fourth-order valence-electron chi connectivity index (χ4n) is 12.7. The van der Waals surface area contributed by atoms with Crippen molar-refractivity contribution in [3.63, 3.8) is 0 Å². The minimum absolute atomic E-state index is 0.000734. The van der Waals surface area contributed by atoms with E-state index in [9.17, 15) is 28.8 Å². The normalized spacial score (nSPS) is 24.4. The maximum Gasteiger partial charge on any atom is 0.302 e. The summed E-state index contributed by atoms with van der Waals surface area (Å²) in [5.74, 6) is -1.78. The van der Waals surface area contributed by atoms with E-state index in [2.05, 4.69) is 80.5 Å². The molecular weight excluding hydrogens is 1450 g/mol. The zero-order valence-corrected chi connectivity index (χ0v) is 68.2. The molecule has 0 aliphatic carbocycles. The van der Waals surface area contributed by atoms with Crippen LogP contribution in [0.3, 0.4) is 0 Å². The van der Waals surface area contributed by atoms with Crippen molar-refractivity contribution in [1.29, 1.82) is 5.26 Å². The Morgan fingerprint density at radius 2 is 0.789 bits per heavy atom. The minimum Gasteiger partial charge on any atom is -0.487 e. The van der Waals surface area contributed by atoms with Crippen molar-refractivity contribution >= 4 is 44.1 Å². The van der Waals surface area contributed by atoms with Gasteiger partial charge < -0.3 is 120 Å². The van der Waals surface area contributed by atoms with Gasteiger partial charge in [-0.1, -0.05) is 48.5 Å². The molecule has 16 atom stereocenters. The molecule has 0 saturated carbocycles. The Morgan fingerprint density at radius 1 is 0.450 bits per heavy atom. The summed E-state index contributed by atoms with van der Waals surface area (Å²) in [6.45, 7) is 33.3. The standard InChI is InChI=1S/C75H129N6O27P/c1-17-61-51(8)52(9)66(78-55(12)82)73(106-61)99-43-36-92-30-27-89-33-40-96-64-47-60(72(87)77-22-24-88-25-26-95-39-46-103-109(102-23-20-21-76)81(49(4)5)50(6)7)48-65(97-41-34-90-28-31-93-37-44-100-74-67(79-56(13)83)69(104-58(15)85)53(10)62(18-2)107-74)71(64)98-42-35-91-29-32-94-38-45-101-75-68(80-57(14)84)70(105-59(16)86)54(11)63(19-3)108-75/h47-54,61-63,66-70,73-75H,17-20,22-46H2,1-16H3,(H,77,87)(H,78,82)(H,79,83)(H,80,84)/t51-,52+,53+,54+,61-,62-,63-,66-,67-,68-,69+,70+,73-,74-,75-,109?/m1/s1. The number of carbonyl (C=O) groups excluding carboxylic acids is 6. The number of rotatable bonds is 58. The third-order valence-corrected chi connectivity index (χ3v) is 20.1. The van der Waals surface area contributed by atoms with Gasteiger partial charge in [0, 0.05) is 70.6 Å². The van der Waals surface area contributed by atoms with Crippen LogP contribution in [0.2, 0.25) is 0 Å². The van der Waals surface area contributed by atoms with Gasteiger partial charge in [0.2, 0.25) is 23.5 Å². The van der Waals surface area contributed by atoms with Gasteiger partial charge in [0.15, 0.2) is 30.4 Å². The molecule has 0 bridgehead atoms. The second-order valence-corrected chi connectivity index (χ2v) is 28.6. The Balaban J connectivity index is 1.42. The van der Waals surface area contributed by atoms with Crippen LogP contribution < -0.4 is 35.5 Å². The Bertz CT molecular complexity index is 2770. The van der Waals surface area contributed by atoms with Crippen LogP contribution in [0.1, 0.15) is 147 Å². The van der Waals surface area contributed by atoms with Crippen molar-refractivity contribution < 1.29 is 128 Å². The third kappa shape index (κ3) is 36.2. The maximum absolute atomic E-state index is 14.1. The first-order chi connectivity index (χ1) is 52.4. The number of nitrogens with zero attached hydrogens (tertiary/aromatic N) is 2. The molecule has 0 radical (unpaired) electrons. The average molecular weight is 1580 g/mol. The lowest BCUT2D eigenvalue weighted by molar-refractivity contribution is -0.256. The Labute approximate surface area is 646 Å². The van der Waals surface area contributed by atoms with E-state index >= 15 is 0 Å². The quantitative estimate of drug-likeness (QED) is 0.0313. The number of hydrogen-bond donors (Lipinski definition) is 4. The van der Waals surface area contributed by atoms with Gasteiger partial charge in [-0.05, 0) is 70.9 Å². The van der Waals surface area contributed by atoms with Gasteiger partial charge in [0.05, 0.1) is 176 Å². The fourth-order valence-corrected chi connectivity index (χ4v) is 14.3. The average Bonchev–Trinajstić information content (AvgIpc) is 0.815. The Morgan fingerprint density at radius 3 is 1.17 bits per heavy atom. The van der Waals surface area contributed by atoms with Crippen LogP contribution in [0.5, 0.6) is 17.2 Å². The van der Waals surface area contributed by atoms with Crippen molar-refractivity contribution in [2.45, 2.75) is 216 Å². The van der Waals surface area contributed by atoms with Crippen molar-refractivity contribution in [3.05, 3.63) is 17.7 Å². The zero-order chi connectivity index (χ0) is 80.0. The summed E-state index contributed by atoms with van der Waals surface area (Å²) < 4.78 is 128. The second-order valence-electron chi connectivity index (χ2n) is 27.1. The molecule has 3 saturated heterocycles. The van der Waals surface area contributed by atoms with Crippen LogP contribution in [0, 0.1) is 35.0 Å². The number of amides is 4. The largest absolute Gasteiger partial charge is 0.487 e. The molecule has 626 valence electrons. The number of hydrogen-bond acceptors (Lipinski definition) is 29. The van der Waals surface area contributed by atoms with E-state index in [1.165, 1.54) is 40.7 Å². The molecule has 4 amide bonds. The summed E-state index contributed by atoms with van der Waals surface area (Å²) >= 11 is 0. The van der Waals surface area contributed by atoms with Crippen LogP contribution in [0.4, 0.5) is 0 Å². The molecule has 4 rings (SSSR count). The highest BCUT2D eigenvalue weighted by Crippen LogP contribution is 2.46. The maximum atomic E-state index is 14.1. The van der Waals surface area contributed by atoms with E-state index < -0.39 is 69.5 Å². The first-order valence-corrected chi connectivity index (χ1v) is 39.6. The van der Waals surface area contributed by atoms with Crippen LogP contribution in [0.25, 0.3) is 0 Å². The molecule has 1 aromatic rings. The molecule has 1 unspecified atom stereocenters. The SMILES string of the molecule is CC[C@H]1O[C@@H](OCCOCCOCCOc2cc(C(=O)NCCOCCOCCOP(OCCC#N)N(C(C)C)C(C)C)cc(OCCOCCOCCO[C@@H]3O[C@H](CC)[C@H](C)[C@H](OC(C)=O)[C@H]3NC(C)=O)c2OCCOCCOCCO[C@@H]2O[C@H](CC)[C@H](C)[C@H](OC(C)=O)[C@H]2NC(C)=O)[C@H](NC(C)=O)[C@@H](C)[C@H]1C. The molecule has 34 heteroatoms. The number of ether oxygens (including phenoxy) is 19. The van der Waals surface area contributed by atoms with E-state index in [0.717, 1.165) is 6.42 Å². The van der Waals surface area contributed by atoms with Gasteiger partial charge in [-0.3, -0.25) is 28.8 Å². The van der Waals surface area contributed by atoms with Crippen molar-refractivity contribution in [2.24, 2.45) is 23.7 Å². The van der Waals surface area contributed by atoms with Crippen LogP contribution in [-0.2, 0) is 109 Å². The summed E-state index contributed by atoms with van der Waals surface area (Å²) in [6, 6.07) is 3.73. The van der Waals surface area contributed by atoms with E-state index in [0.29, 0.717) is 12.8 Å². The Kier molecular flexibility index (Phi) is 48.6. The van der Waals surface area contributed by atoms with Gasteiger partial charge in [-0.15, -0.1) is 0 Å². The third-order valence-electron chi connectivity index (χ3n) is 18.0. The Hall–Kier alpha value is -5.32. The molecule has 109 heavy (non-hydrogen) atoms. The summed E-state index contributed by atoms with van der Waals surface area (Å²) in [6.07, 6.45) is -1.98. The van der Waals surface area contributed by atoms with E-state index in [1.807, 2.05) is 27.7 Å². The number of nitrogens with one attached hydrogen (secondary N) is 4. The highest BCUT2D eigenvalue weighted by Gasteiger charge is 2.48. The van der Waals surface area contributed by atoms with Crippen molar-refractivity contribution in [1.82, 2.24) is 25.9 Å². The monoisotopic (exact) mass is 1580 g/mol. The van der Waals surface area contributed by atoms with Gasteiger partial charge in [0.25, 0.3) is 14.4 Å². The number of esters is 2. The molecule has 3 heterocycles. The molecule has 3 aliphatic heterocycles. The van der Waals surface area contributed by atoms with Gasteiger partial charge in [-0.25, -0.2) is 4.67 Å². The van der Waals surface area contributed by atoms with E-state index in [4.69, 9.17) is 104 Å². The number of carbonyl (C=O) groups is 6. The lowest BCUT2D eigenvalue weighted by Crippen LogP contribution is -2.62. The van der Waals surface area contributed by atoms with Crippen molar-refractivity contribution in [3.8, 4) is 23.3 Å². The number of nitriles is 1. The first kappa shape index (κ1) is 96.1. The molecule has 0 aromatic heterocycles. The van der Waals surface area contributed by atoms with Gasteiger partial charge in [0.1, 0.15) is 44.1 Å². The summed E-state index contributed by atoms with van der Waals surface area (Å²) in [7, 11) is -1.40. The summed E-state index contributed by atoms with van der Waals surface area (Å²) in [5.41, 5.74) is 0.181. The molecule has 1 aromatic carbocycles. The molecular formula is C75H129N6O27P. The minimum atomic E-state index is -1.40. The van der Waals surface area contributed by atoms with Crippen LogP contribution >= 0.6 is 8.53 Å². The second kappa shape index (κ2) is 55.2. The highest BCUT2D eigenvalue weighted by atomic mass is 31.2. The molecule has 33 nitrogen and oxygen atoms in total. The van der Waals surface area contributed by atoms with E-state index in [-0.39, 0.29) is 272 Å². The molecule has 3 aliphatic rings. The highest BCUT2D eigenvalue weighted by molar-refractivity contribution is 7.44. The summed E-state index contributed by atoms with van der Waals surface area (Å²) in [5, 5.41) is 20.6. The van der Waals surface area contributed by atoms with Gasteiger partial charge in [-0.2, -0.15) is 5.26 Å². The summed E-state index contributed by atoms with van der Waals surface area (Å²) in [4.78, 5) is 74.8.